The number of halogens is 1. The average Bonchev–Trinajstić information content (AvgIpc) is 2.66. The number of hydrogen-bond donors (Lipinski definition) is 1. The quantitative estimate of drug-likeness (QED) is 0.625. The molecule has 27 heavy (non-hydrogen) atoms. The number of carbonyl (C=O) groups is 2. The Hall–Kier alpha value is -2.99. The highest BCUT2D eigenvalue weighted by molar-refractivity contribution is 6.30. The Kier molecular flexibility index (Phi) is 5.98. The number of fused-ring (bicyclic) bond motifs is 1. The van der Waals surface area contributed by atoms with Gasteiger partial charge in [-0.2, -0.15) is 0 Å². The molecule has 0 unspecified atom stereocenters. The fourth-order valence-corrected chi connectivity index (χ4v) is 2.61. The van der Waals surface area contributed by atoms with Gasteiger partial charge in [0.2, 0.25) is 0 Å². The lowest BCUT2D eigenvalue weighted by molar-refractivity contribution is -0.148. The molecule has 0 spiro atoms. The Labute approximate surface area is 161 Å². The van der Waals surface area contributed by atoms with Crippen molar-refractivity contribution in [2.24, 2.45) is 0 Å². The molecule has 2 aromatic rings. The highest BCUT2D eigenvalue weighted by atomic mass is 35.5. The zero-order chi connectivity index (χ0) is 19.2. The van der Waals surface area contributed by atoms with Gasteiger partial charge in [0.05, 0.1) is 0 Å². The topological polar surface area (TPSA) is 73.9 Å². The molecule has 2 aromatic carbocycles. The van der Waals surface area contributed by atoms with E-state index in [2.05, 4.69) is 5.32 Å². The van der Waals surface area contributed by atoms with Gasteiger partial charge < -0.3 is 19.5 Å². The zero-order valence-corrected chi connectivity index (χ0v) is 15.4. The summed E-state index contributed by atoms with van der Waals surface area (Å²) in [5, 5.41) is 3.25. The molecule has 1 heterocycles. The lowest BCUT2D eigenvalue weighted by Gasteiger charge is -2.19. The minimum atomic E-state index is -0.963. The van der Waals surface area contributed by atoms with Crippen molar-refractivity contribution < 1.29 is 23.8 Å². The van der Waals surface area contributed by atoms with Gasteiger partial charge >= 0.3 is 5.97 Å². The predicted octanol–water partition coefficient (Wildman–Crippen LogP) is 3.69. The Morgan fingerprint density at radius 3 is 2.70 bits per heavy atom. The Morgan fingerprint density at radius 2 is 1.93 bits per heavy atom. The SMILES string of the molecule is C[C@@H](OC(=O)/C=C/c1cccc(Cl)c1)C(=O)Nc1ccc2c(c1)OCCO2. The number of nitrogens with one attached hydrogen (secondary N) is 1. The molecular weight excluding hydrogens is 370 g/mol. The van der Waals surface area contributed by atoms with Gasteiger partial charge in [0.25, 0.3) is 5.91 Å². The molecule has 3 rings (SSSR count). The second kappa shape index (κ2) is 8.60. The van der Waals surface area contributed by atoms with Crippen LogP contribution in [0.3, 0.4) is 0 Å². The van der Waals surface area contributed by atoms with E-state index in [4.69, 9.17) is 25.8 Å². The number of esters is 1. The third kappa shape index (κ3) is 5.24. The number of amides is 1. The minimum Gasteiger partial charge on any atom is -0.486 e. The van der Waals surface area contributed by atoms with Crippen LogP contribution in [-0.4, -0.2) is 31.2 Å². The van der Waals surface area contributed by atoms with Crippen LogP contribution in [0.1, 0.15) is 12.5 Å². The van der Waals surface area contributed by atoms with Gasteiger partial charge in [-0.05, 0) is 42.8 Å². The van der Waals surface area contributed by atoms with Gasteiger partial charge in [-0.1, -0.05) is 23.7 Å². The number of rotatable bonds is 5. The maximum absolute atomic E-state index is 12.2. The van der Waals surface area contributed by atoms with E-state index >= 15 is 0 Å². The Bertz CT molecular complexity index is 880. The van der Waals surface area contributed by atoms with E-state index in [1.54, 1.807) is 48.5 Å². The molecular formula is C20H18ClNO5. The van der Waals surface area contributed by atoms with Crippen LogP contribution in [0.25, 0.3) is 6.08 Å². The van der Waals surface area contributed by atoms with Crippen LogP contribution < -0.4 is 14.8 Å². The van der Waals surface area contributed by atoms with Crippen molar-refractivity contribution in [2.45, 2.75) is 13.0 Å². The third-order valence-corrected chi connectivity index (χ3v) is 3.97. The molecule has 0 saturated heterocycles. The molecule has 0 aliphatic carbocycles. The van der Waals surface area contributed by atoms with Crippen molar-refractivity contribution in [3.05, 3.63) is 59.1 Å². The Morgan fingerprint density at radius 1 is 1.15 bits per heavy atom. The summed E-state index contributed by atoms with van der Waals surface area (Å²) in [5.41, 5.74) is 1.29. The molecule has 0 radical (unpaired) electrons. The zero-order valence-electron chi connectivity index (χ0n) is 14.6. The molecule has 7 heteroatoms. The van der Waals surface area contributed by atoms with E-state index in [9.17, 15) is 9.59 Å². The van der Waals surface area contributed by atoms with Crippen molar-refractivity contribution >= 4 is 35.2 Å². The summed E-state index contributed by atoms with van der Waals surface area (Å²) in [6, 6.07) is 12.1. The number of hydrogen-bond acceptors (Lipinski definition) is 5. The van der Waals surface area contributed by atoms with Gasteiger partial charge in [-0.3, -0.25) is 4.79 Å². The normalized spacial score (nSPS) is 13.9. The first-order valence-electron chi connectivity index (χ1n) is 8.36. The van der Waals surface area contributed by atoms with Crippen LogP contribution in [0.15, 0.2) is 48.5 Å². The average molecular weight is 388 g/mol. The van der Waals surface area contributed by atoms with Gasteiger partial charge in [0.15, 0.2) is 17.6 Å². The monoisotopic (exact) mass is 387 g/mol. The second-order valence-corrected chi connectivity index (χ2v) is 6.25. The highest BCUT2D eigenvalue weighted by Gasteiger charge is 2.18. The summed E-state index contributed by atoms with van der Waals surface area (Å²) < 4.78 is 16.0. The van der Waals surface area contributed by atoms with Crippen molar-refractivity contribution in [2.75, 3.05) is 18.5 Å². The Balaban J connectivity index is 1.55. The number of carbonyl (C=O) groups excluding carboxylic acids is 2. The van der Waals surface area contributed by atoms with Gasteiger partial charge in [0, 0.05) is 22.9 Å². The molecule has 0 bridgehead atoms. The summed E-state index contributed by atoms with van der Waals surface area (Å²) in [4.78, 5) is 24.1. The van der Waals surface area contributed by atoms with Crippen LogP contribution in [0, 0.1) is 0 Å². The highest BCUT2D eigenvalue weighted by Crippen LogP contribution is 2.32. The number of anilines is 1. The van der Waals surface area contributed by atoms with Crippen LogP contribution >= 0.6 is 11.6 Å². The fraction of sp³-hybridized carbons (Fsp3) is 0.200. The molecule has 0 saturated carbocycles. The summed E-state index contributed by atoms with van der Waals surface area (Å²) >= 11 is 5.89. The first-order chi connectivity index (χ1) is 13.0. The van der Waals surface area contributed by atoms with E-state index in [1.807, 2.05) is 0 Å². The molecule has 1 aliphatic rings. The first kappa shape index (κ1) is 18.8. The molecule has 140 valence electrons. The lowest BCUT2D eigenvalue weighted by Crippen LogP contribution is -2.29. The fourth-order valence-electron chi connectivity index (χ4n) is 2.41. The molecule has 6 nitrogen and oxygen atoms in total. The van der Waals surface area contributed by atoms with Crippen molar-refractivity contribution in [3.8, 4) is 11.5 Å². The smallest absolute Gasteiger partial charge is 0.331 e. The largest absolute Gasteiger partial charge is 0.486 e. The van der Waals surface area contributed by atoms with Crippen LogP contribution in [0.5, 0.6) is 11.5 Å². The number of ether oxygens (including phenoxy) is 3. The first-order valence-corrected chi connectivity index (χ1v) is 8.74. The summed E-state index contributed by atoms with van der Waals surface area (Å²) in [6.07, 6.45) is 1.86. The summed E-state index contributed by atoms with van der Waals surface area (Å²) in [5.74, 6) is 0.119. The minimum absolute atomic E-state index is 0.448. The van der Waals surface area contributed by atoms with Crippen LogP contribution in [0.4, 0.5) is 5.69 Å². The maximum Gasteiger partial charge on any atom is 0.331 e. The lowest BCUT2D eigenvalue weighted by atomic mass is 10.2. The molecule has 1 N–H and O–H groups in total. The predicted molar refractivity (Wildman–Crippen MR) is 102 cm³/mol. The van der Waals surface area contributed by atoms with E-state index < -0.39 is 18.0 Å². The maximum atomic E-state index is 12.2. The van der Waals surface area contributed by atoms with Gasteiger partial charge in [-0.25, -0.2) is 4.79 Å². The standard InChI is InChI=1S/C20H18ClNO5/c1-13(27-19(23)8-5-14-3-2-4-15(21)11-14)20(24)22-16-6-7-17-18(12-16)26-10-9-25-17/h2-8,11-13H,9-10H2,1H3,(H,22,24)/b8-5+/t13-/m1/s1. The van der Waals surface area contributed by atoms with E-state index in [-0.39, 0.29) is 0 Å². The van der Waals surface area contributed by atoms with Crippen molar-refractivity contribution in [3.63, 3.8) is 0 Å². The van der Waals surface area contributed by atoms with Crippen molar-refractivity contribution in [1.29, 1.82) is 0 Å². The molecule has 1 amide bonds. The molecule has 0 aromatic heterocycles. The van der Waals surface area contributed by atoms with E-state index in [0.29, 0.717) is 35.4 Å². The second-order valence-electron chi connectivity index (χ2n) is 5.82. The molecule has 1 atom stereocenters. The van der Waals surface area contributed by atoms with E-state index in [0.717, 1.165) is 5.56 Å². The van der Waals surface area contributed by atoms with Crippen LogP contribution in [-0.2, 0) is 14.3 Å². The van der Waals surface area contributed by atoms with Gasteiger partial charge in [-0.15, -0.1) is 0 Å². The van der Waals surface area contributed by atoms with E-state index in [1.165, 1.54) is 13.0 Å². The molecule has 0 fully saturated rings. The summed E-state index contributed by atoms with van der Waals surface area (Å²) in [7, 11) is 0. The number of benzene rings is 2. The molecule has 1 aliphatic heterocycles. The van der Waals surface area contributed by atoms with Crippen molar-refractivity contribution in [1.82, 2.24) is 0 Å². The summed E-state index contributed by atoms with van der Waals surface area (Å²) in [6.45, 7) is 2.45. The van der Waals surface area contributed by atoms with Gasteiger partial charge in [0.1, 0.15) is 13.2 Å². The van der Waals surface area contributed by atoms with Crippen LogP contribution in [0.2, 0.25) is 5.02 Å². The third-order valence-electron chi connectivity index (χ3n) is 3.73.